The van der Waals surface area contributed by atoms with Gasteiger partial charge in [-0.3, -0.25) is 4.79 Å². The normalized spacial score (nSPS) is 14.4. The quantitative estimate of drug-likeness (QED) is 0.723. The lowest BCUT2D eigenvalue weighted by molar-refractivity contribution is -0.131. The number of anilines is 1. The van der Waals surface area contributed by atoms with E-state index in [1.54, 1.807) is 19.2 Å². The van der Waals surface area contributed by atoms with Crippen LogP contribution in [0, 0.1) is 5.82 Å². The van der Waals surface area contributed by atoms with E-state index in [0.29, 0.717) is 30.2 Å². The van der Waals surface area contributed by atoms with Crippen LogP contribution in [0.5, 0.6) is 5.75 Å². The molecule has 26 heavy (non-hydrogen) atoms. The van der Waals surface area contributed by atoms with E-state index in [1.165, 1.54) is 17.8 Å². The molecule has 2 aromatic carbocycles. The van der Waals surface area contributed by atoms with E-state index >= 15 is 0 Å². The molecule has 2 aromatic rings. The first-order valence-electron chi connectivity index (χ1n) is 8.72. The average molecular weight is 374 g/mol. The summed E-state index contributed by atoms with van der Waals surface area (Å²) in [6, 6.07) is 14.6. The molecule has 0 radical (unpaired) electrons. The summed E-state index contributed by atoms with van der Waals surface area (Å²) in [5.41, 5.74) is 1.07. The van der Waals surface area contributed by atoms with E-state index < -0.39 is 0 Å². The Hall–Kier alpha value is -2.21. The van der Waals surface area contributed by atoms with Crippen molar-refractivity contribution in [3.63, 3.8) is 0 Å². The minimum absolute atomic E-state index is 0.133. The first-order chi connectivity index (χ1) is 12.7. The first kappa shape index (κ1) is 18.6. The van der Waals surface area contributed by atoms with Gasteiger partial charge in [-0.1, -0.05) is 24.3 Å². The molecule has 3 rings (SSSR count). The van der Waals surface area contributed by atoms with Gasteiger partial charge >= 0.3 is 0 Å². The van der Waals surface area contributed by atoms with Crippen LogP contribution in [0.15, 0.2) is 53.4 Å². The van der Waals surface area contributed by atoms with Crippen LogP contribution >= 0.6 is 11.8 Å². The Kier molecular flexibility index (Phi) is 6.39. The average Bonchev–Trinajstić information content (AvgIpc) is 2.69. The molecule has 0 saturated carbocycles. The van der Waals surface area contributed by atoms with Crippen molar-refractivity contribution < 1.29 is 13.9 Å². The monoisotopic (exact) mass is 374 g/mol. The van der Waals surface area contributed by atoms with Crippen molar-refractivity contribution in [3.8, 4) is 5.75 Å². The topological polar surface area (TPSA) is 32.8 Å². The number of ether oxygens (including phenoxy) is 1. The van der Waals surface area contributed by atoms with Crippen LogP contribution in [0.1, 0.15) is 6.42 Å². The molecule has 0 N–H and O–H groups in total. The summed E-state index contributed by atoms with van der Waals surface area (Å²) in [5, 5.41) is 0. The molecular formula is C20H23FN2O2S. The zero-order valence-electron chi connectivity index (χ0n) is 14.9. The fourth-order valence-corrected chi connectivity index (χ4v) is 3.93. The van der Waals surface area contributed by atoms with Gasteiger partial charge in [0.25, 0.3) is 0 Å². The fraction of sp³-hybridized carbons (Fsp3) is 0.350. The standard InChI is InChI=1S/C20H23FN2O2S/c1-25-18-8-4-3-7-17(18)22-11-13-23(14-12-22)20(24)10-15-26-19-9-5-2-6-16(19)21/h2-9H,10-15H2,1H3. The predicted molar refractivity (Wildman–Crippen MR) is 104 cm³/mol. The number of amides is 1. The van der Waals surface area contributed by atoms with Crippen molar-refractivity contribution >= 4 is 23.4 Å². The highest BCUT2D eigenvalue weighted by Crippen LogP contribution is 2.28. The third kappa shape index (κ3) is 4.49. The molecule has 0 atom stereocenters. The van der Waals surface area contributed by atoms with Crippen LogP contribution in [0.2, 0.25) is 0 Å². The Morgan fingerprint density at radius 3 is 2.50 bits per heavy atom. The Labute approximate surface area is 157 Å². The molecule has 1 fully saturated rings. The van der Waals surface area contributed by atoms with Crippen LogP contribution in [-0.4, -0.2) is 49.8 Å². The maximum atomic E-state index is 13.6. The number of piperazine rings is 1. The zero-order chi connectivity index (χ0) is 18.4. The number of rotatable bonds is 6. The Bertz CT molecular complexity index is 748. The van der Waals surface area contributed by atoms with Crippen LogP contribution < -0.4 is 9.64 Å². The van der Waals surface area contributed by atoms with Gasteiger partial charge in [0.2, 0.25) is 5.91 Å². The number of carbonyl (C=O) groups is 1. The van der Waals surface area contributed by atoms with E-state index in [-0.39, 0.29) is 11.7 Å². The van der Waals surface area contributed by atoms with Crippen LogP contribution in [0.4, 0.5) is 10.1 Å². The van der Waals surface area contributed by atoms with Crippen molar-refractivity contribution in [2.45, 2.75) is 11.3 Å². The SMILES string of the molecule is COc1ccccc1N1CCN(C(=O)CCSc2ccccc2F)CC1. The number of hydrogen-bond donors (Lipinski definition) is 0. The molecule has 0 bridgehead atoms. The maximum absolute atomic E-state index is 13.6. The molecule has 1 heterocycles. The summed E-state index contributed by atoms with van der Waals surface area (Å²) in [6.07, 6.45) is 0.424. The van der Waals surface area contributed by atoms with E-state index in [1.807, 2.05) is 35.2 Å². The van der Waals surface area contributed by atoms with Gasteiger partial charge in [0.15, 0.2) is 0 Å². The maximum Gasteiger partial charge on any atom is 0.223 e. The van der Waals surface area contributed by atoms with Crippen molar-refractivity contribution in [1.82, 2.24) is 4.90 Å². The van der Waals surface area contributed by atoms with Crippen LogP contribution in [0.25, 0.3) is 0 Å². The van der Waals surface area contributed by atoms with Gasteiger partial charge in [0, 0.05) is 43.2 Å². The molecule has 6 heteroatoms. The number of methoxy groups -OCH3 is 1. The molecule has 0 unspecified atom stereocenters. The van der Waals surface area contributed by atoms with Crippen molar-refractivity contribution in [2.24, 2.45) is 0 Å². The molecule has 1 saturated heterocycles. The Balaban J connectivity index is 1.47. The Morgan fingerprint density at radius 2 is 1.77 bits per heavy atom. The van der Waals surface area contributed by atoms with Gasteiger partial charge in [0.05, 0.1) is 12.8 Å². The number of benzene rings is 2. The smallest absolute Gasteiger partial charge is 0.223 e. The van der Waals surface area contributed by atoms with Gasteiger partial charge in [0.1, 0.15) is 11.6 Å². The summed E-state index contributed by atoms with van der Waals surface area (Å²) in [7, 11) is 1.67. The van der Waals surface area contributed by atoms with Crippen molar-refractivity contribution in [3.05, 3.63) is 54.3 Å². The van der Waals surface area contributed by atoms with Crippen LogP contribution in [0.3, 0.4) is 0 Å². The molecule has 1 aliphatic heterocycles. The predicted octanol–water partition coefficient (Wildman–Crippen LogP) is 3.67. The molecule has 0 spiro atoms. The minimum atomic E-state index is -0.227. The summed E-state index contributed by atoms with van der Waals surface area (Å²) >= 11 is 1.39. The third-order valence-electron chi connectivity index (χ3n) is 4.47. The highest BCUT2D eigenvalue weighted by atomic mass is 32.2. The number of hydrogen-bond acceptors (Lipinski definition) is 4. The van der Waals surface area contributed by atoms with Crippen molar-refractivity contribution in [1.29, 1.82) is 0 Å². The highest BCUT2D eigenvalue weighted by molar-refractivity contribution is 7.99. The van der Waals surface area contributed by atoms with Gasteiger partial charge < -0.3 is 14.5 Å². The molecule has 1 aliphatic rings. The largest absolute Gasteiger partial charge is 0.495 e. The second-order valence-corrected chi connectivity index (χ2v) is 7.21. The van der Waals surface area contributed by atoms with E-state index in [0.717, 1.165) is 24.5 Å². The molecule has 4 nitrogen and oxygen atoms in total. The highest BCUT2D eigenvalue weighted by Gasteiger charge is 2.22. The summed E-state index contributed by atoms with van der Waals surface area (Å²) in [5.74, 6) is 1.35. The number of halogens is 1. The number of thioether (sulfide) groups is 1. The number of nitrogens with zero attached hydrogens (tertiary/aromatic N) is 2. The lowest BCUT2D eigenvalue weighted by Crippen LogP contribution is -2.49. The zero-order valence-corrected chi connectivity index (χ0v) is 15.7. The molecular weight excluding hydrogens is 351 g/mol. The molecule has 138 valence electrons. The second kappa shape index (κ2) is 8.94. The van der Waals surface area contributed by atoms with Gasteiger partial charge in [-0.05, 0) is 24.3 Å². The summed E-state index contributed by atoms with van der Waals surface area (Å²) < 4.78 is 19.0. The van der Waals surface area contributed by atoms with E-state index in [9.17, 15) is 9.18 Å². The lowest BCUT2D eigenvalue weighted by Gasteiger charge is -2.36. The Morgan fingerprint density at radius 1 is 1.08 bits per heavy atom. The van der Waals surface area contributed by atoms with E-state index in [4.69, 9.17) is 4.74 Å². The summed E-state index contributed by atoms with van der Waals surface area (Å²) in [4.78, 5) is 17.2. The summed E-state index contributed by atoms with van der Waals surface area (Å²) in [6.45, 7) is 2.96. The molecule has 1 amide bonds. The molecule has 0 aliphatic carbocycles. The second-order valence-electron chi connectivity index (χ2n) is 6.07. The third-order valence-corrected chi connectivity index (χ3v) is 5.52. The van der Waals surface area contributed by atoms with Crippen molar-refractivity contribution in [2.75, 3.05) is 43.9 Å². The first-order valence-corrected chi connectivity index (χ1v) is 9.70. The number of para-hydroxylation sites is 2. The van der Waals surface area contributed by atoms with E-state index in [2.05, 4.69) is 4.90 Å². The molecule has 0 aromatic heterocycles. The van der Waals surface area contributed by atoms with Crippen LogP contribution in [-0.2, 0) is 4.79 Å². The van der Waals surface area contributed by atoms with Gasteiger partial charge in [-0.15, -0.1) is 11.8 Å². The van der Waals surface area contributed by atoms with Gasteiger partial charge in [-0.2, -0.15) is 0 Å². The fourth-order valence-electron chi connectivity index (χ4n) is 3.06. The lowest BCUT2D eigenvalue weighted by atomic mass is 10.2. The van der Waals surface area contributed by atoms with Gasteiger partial charge in [-0.25, -0.2) is 4.39 Å². The minimum Gasteiger partial charge on any atom is -0.495 e. The number of carbonyl (C=O) groups excluding carboxylic acids is 1.